The van der Waals surface area contributed by atoms with Gasteiger partial charge in [0, 0.05) is 13.0 Å². The lowest BCUT2D eigenvalue weighted by atomic mass is 10.1. The highest BCUT2D eigenvalue weighted by atomic mass is 16.4. The van der Waals surface area contributed by atoms with Crippen molar-refractivity contribution >= 4 is 5.97 Å². The number of aromatic nitrogens is 3. The quantitative estimate of drug-likeness (QED) is 0.251. The van der Waals surface area contributed by atoms with Crippen LogP contribution in [0.4, 0.5) is 0 Å². The summed E-state index contributed by atoms with van der Waals surface area (Å²) in [5, 5.41) is 26.1. The van der Waals surface area contributed by atoms with Gasteiger partial charge in [0.2, 0.25) is 0 Å². The normalized spacial score (nSPS) is 9.76. The monoisotopic (exact) mass is 303 g/mol. The Morgan fingerprint density at radius 2 is 1.67 bits per heavy atom. The molecule has 122 valence electrons. The van der Waals surface area contributed by atoms with Crippen LogP contribution in [0.2, 0.25) is 0 Å². The Morgan fingerprint density at radius 1 is 1.14 bits per heavy atom. The van der Waals surface area contributed by atoms with Gasteiger partial charge in [-0.3, -0.25) is 4.79 Å². The summed E-state index contributed by atoms with van der Waals surface area (Å²) >= 11 is 0. The molecule has 10 heteroatoms. The molecule has 0 aliphatic carbocycles. The Morgan fingerprint density at radius 3 is 1.90 bits per heavy atom. The van der Waals surface area contributed by atoms with Crippen LogP contribution in [0.3, 0.4) is 0 Å². The van der Waals surface area contributed by atoms with Crippen LogP contribution >= 0.6 is 0 Å². The lowest BCUT2D eigenvalue weighted by Crippen LogP contribution is -2.57. The Bertz CT molecular complexity index is 304. The molecule has 0 spiro atoms. The van der Waals surface area contributed by atoms with Crippen molar-refractivity contribution in [1.82, 2.24) is 15.4 Å². The molecule has 0 fully saturated rings. The highest BCUT2D eigenvalue weighted by Crippen LogP contribution is 2.02. The zero-order chi connectivity index (χ0) is 16.6. The van der Waals surface area contributed by atoms with Gasteiger partial charge >= 0.3 is 5.97 Å². The first-order valence-corrected chi connectivity index (χ1v) is 6.31. The van der Waals surface area contributed by atoms with E-state index in [1.165, 1.54) is 0 Å². The van der Waals surface area contributed by atoms with E-state index >= 15 is 0 Å². The zero-order valence-electron chi connectivity index (χ0n) is 11.9. The van der Waals surface area contributed by atoms with Crippen molar-refractivity contribution in [3.63, 3.8) is 0 Å². The molecule has 0 unspecified atom stereocenters. The first-order chi connectivity index (χ1) is 9.83. The molecule has 0 aliphatic heterocycles. The molecule has 0 aliphatic rings. The number of rotatable bonds is 6. The number of nitrogens with zero attached hydrogens (tertiary/aromatic N) is 3. The van der Waals surface area contributed by atoms with Gasteiger partial charge in [0.05, 0.1) is 19.0 Å². The Labute approximate surface area is 123 Å². The van der Waals surface area contributed by atoms with Gasteiger partial charge in [-0.2, -0.15) is 0 Å². The topological polar surface area (TPSA) is 200 Å². The summed E-state index contributed by atoms with van der Waals surface area (Å²) in [5.74, 6) is -1.96. The molecule has 0 bridgehead atoms. The summed E-state index contributed by atoms with van der Waals surface area (Å²) in [7, 11) is 0. The molecule has 21 heavy (non-hydrogen) atoms. The molecule has 0 radical (unpaired) electrons. The average Bonchev–Trinajstić information content (AvgIpc) is 2.45. The number of carbonyl (C=O) groups is 1. The molecule has 0 saturated carbocycles. The first kappa shape index (κ1) is 21.6. The SMILES string of the molecule is NC(N)(N)CCCCC(=O)O.NCCO.c1cnnnc1. The van der Waals surface area contributed by atoms with Crippen molar-refractivity contribution in [2.75, 3.05) is 13.2 Å². The molecule has 0 amide bonds. The summed E-state index contributed by atoms with van der Waals surface area (Å²) in [6, 6.07) is 1.72. The van der Waals surface area contributed by atoms with Crippen molar-refractivity contribution in [2.24, 2.45) is 22.9 Å². The van der Waals surface area contributed by atoms with E-state index in [0.717, 1.165) is 0 Å². The van der Waals surface area contributed by atoms with Crippen LogP contribution < -0.4 is 22.9 Å². The van der Waals surface area contributed by atoms with Crippen molar-refractivity contribution in [1.29, 1.82) is 0 Å². The summed E-state index contributed by atoms with van der Waals surface area (Å²) in [6.07, 6.45) is 4.97. The van der Waals surface area contributed by atoms with Crippen LogP contribution in [-0.2, 0) is 4.79 Å². The Hall–Kier alpha value is -1.72. The van der Waals surface area contributed by atoms with E-state index in [-0.39, 0.29) is 13.0 Å². The van der Waals surface area contributed by atoms with E-state index in [2.05, 4.69) is 15.4 Å². The number of hydrogen-bond acceptors (Lipinski definition) is 9. The van der Waals surface area contributed by atoms with Crippen LogP contribution in [0, 0.1) is 0 Å². The third kappa shape index (κ3) is 27.5. The van der Waals surface area contributed by atoms with Crippen molar-refractivity contribution in [3.05, 3.63) is 18.5 Å². The van der Waals surface area contributed by atoms with E-state index in [9.17, 15) is 4.79 Å². The van der Waals surface area contributed by atoms with Crippen LogP contribution in [-0.4, -0.2) is 50.5 Å². The predicted molar refractivity (Wildman–Crippen MR) is 77.4 cm³/mol. The van der Waals surface area contributed by atoms with E-state index in [1.807, 2.05) is 0 Å². The maximum absolute atomic E-state index is 10.0. The molecule has 1 heterocycles. The molecule has 0 atom stereocenters. The molecular weight excluding hydrogens is 278 g/mol. The molecular formula is C11H25N7O3. The molecule has 0 saturated heterocycles. The highest BCUT2D eigenvalue weighted by Gasteiger charge is 2.10. The van der Waals surface area contributed by atoms with Crippen molar-refractivity contribution in [2.45, 2.75) is 31.5 Å². The summed E-state index contributed by atoms with van der Waals surface area (Å²) in [5.41, 5.74) is 20.6. The molecule has 1 aromatic heterocycles. The van der Waals surface area contributed by atoms with Gasteiger partial charge in [-0.15, -0.1) is 10.2 Å². The van der Waals surface area contributed by atoms with Gasteiger partial charge in [0.25, 0.3) is 0 Å². The molecule has 1 rings (SSSR count). The van der Waals surface area contributed by atoms with E-state index < -0.39 is 11.8 Å². The lowest BCUT2D eigenvalue weighted by Gasteiger charge is -2.17. The molecule has 10 N–H and O–H groups in total. The fourth-order valence-electron chi connectivity index (χ4n) is 0.912. The summed E-state index contributed by atoms with van der Waals surface area (Å²) in [6.45, 7) is 0.472. The summed E-state index contributed by atoms with van der Waals surface area (Å²) < 4.78 is 0. The van der Waals surface area contributed by atoms with Crippen LogP contribution in [0.1, 0.15) is 25.7 Å². The minimum atomic E-state index is -1.15. The first-order valence-electron chi connectivity index (χ1n) is 6.31. The van der Waals surface area contributed by atoms with Crippen LogP contribution in [0.15, 0.2) is 18.5 Å². The van der Waals surface area contributed by atoms with Gasteiger partial charge in [-0.1, -0.05) is 0 Å². The van der Waals surface area contributed by atoms with Crippen molar-refractivity contribution in [3.8, 4) is 0 Å². The minimum Gasteiger partial charge on any atom is -0.481 e. The van der Waals surface area contributed by atoms with E-state index in [4.69, 9.17) is 33.1 Å². The van der Waals surface area contributed by atoms with Gasteiger partial charge < -0.3 is 33.1 Å². The number of aliphatic carboxylic acids is 1. The second-order valence-corrected chi connectivity index (χ2v) is 4.04. The van der Waals surface area contributed by atoms with Gasteiger partial charge in [0.15, 0.2) is 0 Å². The number of carboxylic acid groups (broad SMARTS) is 1. The molecule has 1 aromatic rings. The zero-order valence-corrected chi connectivity index (χ0v) is 11.9. The maximum atomic E-state index is 10.0. The fourth-order valence-corrected chi connectivity index (χ4v) is 0.912. The largest absolute Gasteiger partial charge is 0.481 e. The molecule has 10 nitrogen and oxygen atoms in total. The minimum absolute atomic E-state index is 0.0972. The lowest BCUT2D eigenvalue weighted by molar-refractivity contribution is -0.137. The Kier molecular flexibility index (Phi) is 15.1. The smallest absolute Gasteiger partial charge is 0.303 e. The van der Waals surface area contributed by atoms with Crippen LogP contribution in [0.25, 0.3) is 0 Å². The fraction of sp³-hybridized carbons (Fsp3) is 0.636. The number of hydrogen-bond donors (Lipinski definition) is 6. The number of aliphatic hydroxyl groups is 1. The second kappa shape index (κ2) is 14.7. The van der Waals surface area contributed by atoms with E-state index in [1.54, 1.807) is 18.5 Å². The highest BCUT2D eigenvalue weighted by molar-refractivity contribution is 5.66. The maximum Gasteiger partial charge on any atom is 0.303 e. The van der Waals surface area contributed by atoms with E-state index in [0.29, 0.717) is 25.8 Å². The predicted octanol–water partition coefficient (Wildman–Crippen LogP) is -2.03. The third-order valence-corrected chi connectivity index (χ3v) is 1.79. The van der Waals surface area contributed by atoms with Crippen molar-refractivity contribution < 1.29 is 15.0 Å². The van der Waals surface area contributed by atoms with Gasteiger partial charge in [0.1, 0.15) is 5.79 Å². The van der Waals surface area contributed by atoms with Crippen LogP contribution in [0.5, 0.6) is 0 Å². The van der Waals surface area contributed by atoms with Gasteiger partial charge in [-0.05, 0) is 30.5 Å². The summed E-state index contributed by atoms with van der Waals surface area (Å²) in [4.78, 5) is 10.0. The second-order valence-electron chi connectivity index (χ2n) is 4.04. The third-order valence-electron chi connectivity index (χ3n) is 1.79. The number of carboxylic acids is 1. The number of aliphatic hydroxyl groups excluding tert-OH is 1. The number of unbranched alkanes of at least 4 members (excludes halogenated alkanes) is 1. The Balaban J connectivity index is 0. The number of nitrogens with two attached hydrogens (primary N) is 4. The average molecular weight is 303 g/mol. The standard InChI is InChI=1S/C6H15N3O2.C3H3N3.C2H7NO/c7-6(8,9)4-2-1-3-5(10)11;1-2-4-6-5-3-1;3-1-2-4/h1-4,7-9H2,(H,10,11);1-3H;4H,1-3H2. The van der Waals surface area contributed by atoms with Gasteiger partial charge in [-0.25, -0.2) is 0 Å². The molecule has 0 aromatic carbocycles.